The number of Topliss-reactive ketones (excluding diaryl/α,β-unsaturated/α-hetero) is 1. The van der Waals surface area contributed by atoms with Crippen LogP contribution < -0.4 is 0 Å². The number of benzene rings is 1. The minimum absolute atomic E-state index is 0.210. The molecule has 1 aromatic heterocycles. The van der Waals surface area contributed by atoms with E-state index in [9.17, 15) is 4.79 Å². The summed E-state index contributed by atoms with van der Waals surface area (Å²) in [6, 6.07) is 8.00. The Morgan fingerprint density at radius 2 is 2.10 bits per heavy atom. The molecule has 0 N–H and O–H groups in total. The quantitative estimate of drug-likeness (QED) is 0.707. The molecule has 0 radical (unpaired) electrons. The average molecular weight is 353 g/mol. The van der Waals surface area contributed by atoms with E-state index in [1.807, 2.05) is 30.5 Å². The van der Waals surface area contributed by atoms with Gasteiger partial charge in [-0.05, 0) is 30.7 Å². The molecule has 0 saturated heterocycles. The number of ketones is 1. The number of thioether (sulfide) groups is 1. The first-order valence-corrected chi connectivity index (χ1v) is 8.37. The van der Waals surface area contributed by atoms with Gasteiger partial charge in [-0.2, -0.15) is 0 Å². The van der Waals surface area contributed by atoms with Crippen molar-refractivity contribution < 1.29 is 4.79 Å². The van der Waals surface area contributed by atoms with Crippen molar-refractivity contribution in [3.63, 3.8) is 0 Å². The topological polar surface area (TPSA) is 34.9 Å². The van der Waals surface area contributed by atoms with Crippen LogP contribution in [-0.2, 0) is 17.8 Å². The Hall–Kier alpha value is -1.07. The van der Waals surface area contributed by atoms with Gasteiger partial charge in [0, 0.05) is 28.3 Å². The SMILES string of the molecule is CCCn1ccnc1CC(=O)CSc1ccc(Br)cc1. The molecule has 3 nitrogen and oxygen atoms in total. The van der Waals surface area contributed by atoms with Crippen molar-refractivity contribution in [1.29, 1.82) is 0 Å². The summed E-state index contributed by atoms with van der Waals surface area (Å²) in [5, 5.41) is 0. The first-order valence-electron chi connectivity index (χ1n) is 6.59. The second-order valence-electron chi connectivity index (χ2n) is 4.49. The number of hydrogen-bond acceptors (Lipinski definition) is 3. The molecule has 106 valence electrons. The molecular weight excluding hydrogens is 336 g/mol. The van der Waals surface area contributed by atoms with Gasteiger partial charge >= 0.3 is 0 Å². The molecule has 0 atom stereocenters. The van der Waals surface area contributed by atoms with Gasteiger partial charge in [-0.25, -0.2) is 4.98 Å². The van der Waals surface area contributed by atoms with E-state index in [0.717, 1.165) is 28.2 Å². The number of carbonyl (C=O) groups excluding carboxylic acids is 1. The number of nitrogens with zero attached hydrogens (tertiary/aromatic N) is 2. The van der Waals surface area contributed by atoms with Crippen LogP contribution in [0.2, 0.25) is 0 Å². The maximum absolute atomic E-state index is 12.0. The Labute approximate surface area is 131 Å². The third-order valence-electron chi connectivity index (χ3n) is 2.83. The molecule has 0 fully saturated rings. The van der Waals surface area contributed by atoms with E-state index < -0.39 is 0 Å². The highest BCUT2D eigenvalue weighted by Crippen LogP contribution is 2.20. The van der Waals surface area contributed by atoms with Crippen LogP contribution in [0.15, 0.2) is 46.0 Å². The number of aromatic nitrogens is 2. The number of hydrogen-bond donors (Lipinski definition) is 0. The molecular formula is C15H17BrN2OS. The lowest BCUT2D eigenvalue weighted by molar-refractivity contribution is -0.116. The van der Waals surface area contributed by atoms with Gasteiger partial charge in [0.05, 0.1) is 12.2 Å². The van der Waals surface area contributed by atoms with E-state index in [0.29, 0.717) is 12.2 Å². The summed E-state index contributed by atoms with van der Waals surface area (Å²) in [6.07, 6.45) is 5.16. The first kappa shape index (κ1) is 15.3. The fraction of sp³-hybridized carbons (Fsp3) is 0.333. The third-order valence-corrected chi connectivity index (χ3v) is 4.44. The smallest absolute Gasteiger partial charge is 0.150 e. The molecule has 2 rings (SSSR count). The van der Waals surface area contributed by atoms with Gasteiger partial charge in [-0.3, -0.25) is 4.79 Å². The molecule has 2 aromatic rings. The first-order chi connectivity index (χ1) is 9.69. The van der Waals surface area contributed by atoms with Crippen LogP contribution in [0, 0.1) is 0 Å². The van der Waals surface area contributed by atoms with E-state index in [2.05, 4.69) is 32.4 Å². The van der Waals surface area contributed by atoms with E-state index >= 15 is 0 Å². The zero-order valence-corrected chi connectivity index (χ0v) is 13.8. The second kappa shape index (κ2) is 7.64. The van der Waals surface area contributed by atoms with E-state index in [1.54, 1.807) is 18.0 Å². The molecule has 0 saturated carbocycles. The monoisotopic (exact) mass is 352 g/mol. The fourth-order valence-electron chi connectivity index (χ4n) is 1.87. The summed E-state index contributed by atoms with van der Waals surface area (Å²) in [5.41, 5.74) is 0. The predicted octanol–water partition coefficient (Wildman–Crippen LogP) is 3.96. The van der Waals surface area contributed by atoms with Crippen LogP contribution in [0.1, 0.15) is 19.2 Å². The molecule has 0 spiro atoms. The van der Waals surface area contributed by atoms with Crippen molar-refractivity contribution in [2.24, 2.45) is 0 Å². The molecule has 0 bridgehead atoms. The Morgan fingerprint density at radius 1 is 1.35 bits per heavy atom. The van der Waals surface area contributed by atoms with Gasteiger partial charge in [0.2, 0.25) is 0 Å². The summed E-state index contributed by atoms with van der Waals surface area (Å²) in [6.45, 7) is 3.04. The van der Waals surface area contributed by atoms with Gasteiger partial charge in [0.25, 0.3) is 0 Å². The largest absolute Gasteiger partial charge is 0.335 e. The van der Waals surface area contributed by atoms with Gasteiger partial charge in [0.1, 0.15) is 5.82 Å². The maximum atomic E-state index is 12.0. The summed E-state index contributed by atoms with van der Waals surface area (Å²) in [7, 11) is 0. The maximum Gasteiger partial charge on any atom is 0.150 e. The van der Waals surface area contributed by atoms with Crippen molar-refractivity contribution in [3.05, 3.63) is 47.0 Å². The molecule has 1 aromatic carbocycles. The lowest BCUT2D eigenvalue weighted by Gasteiger charge is -2.05. The van der Waals surface area contributed by atoms with Gasteiger partial charge in [-0.1, -0.05) is 22.9 Å². The molecule has 0 aliphatic carbocycles. The lowest BCUT2D eigenvalue weighted by atomic mass is 10.3. The zero-order valence-electron chi connectivity index (χ0n) is 11.4. The fourth-order valence-corrected chi connectivity index (χ4v) is 2.90. The van der Waals surface area contributed by atoms with Crippen molar-refractivity contribution in [2.75, 3.05) is 5.75 Å². The minimum Gasteiger partial charge on any atom is -0.335 e. The Morgan fingerprint density at radius 3 is 2.80 bits per heavy atom. The molecule has 0 unspecified atom stereocenters. The summed E-state index contributed by atoms with van der Waals surface area (Å²) in [4.78, 5) is 17.4. The van der Waals surface area contributed by atoms with Crippen molar-refractivity contribution >= 4 is 33.5 Å². The highest BCUT2D eigenvalue weighted by Gasteiger charge is 2.09. The van der Waals surface area contributed by atoms with Crippen LogP contribution >= 0.6 is 27.7 Å². The Bertz CT molecular complexity index is 566. The Balaban J connectivity index is 1.86. The average Bonchev–Trinajstić information content (AvgIpc) is 2.86. The molecule has 5 heteroatoms. The van der Waals surface area contributed by atoms with E-state index in [4.69, 9.17) is 0 Å². The summed E-state index contributed by atoms with van der Waals surface area (Å²) >= 11 is 4.97. The normalized spacial score (nSPS) is 10.7. The summed E-state index contributed by atoms with van der Waals surface area (Å²) < 4.78 is 3.11. The predicted molar refractivity (Wildman–Crippen MR) is 86.1 cm³/mol. The zero-order chi connectivity index (χ0) is 14.4. The number of halogens is 1. The van der Waals surface area contributed by atoms with Crippen LogP contribution in [0.5, 0.6) is 0 Å². The van der Waals surface area contributed by atoms with Crippen molar-refractivity contribution in [2.45, 2.75) is 31.2 Å². The van der Waals surface area contributed by atoms with Gasteiger partial charge in [-0.15, -0.1) is 11.8 Å². The third kappa shape index (κ3) is 4.49. The number of rotatable bonds is 7. The molecule has 0 amide bonds. The molecule has 0 aliphatic rings. The van der Waals surface area contributed by atoms with Gasteiger partial charge < -0.3 is 4.57 Å². The van der Waals surface area contributed by atoms with Crippen molar-refractivity contribution in [1.82, 2.24) is 9.55 Å². The standard InChI is InChI=1S/C15H17BrN2OS/c1-2-8-18-9-7-17-15(18)10-13(19)11-20-14-5-3-12(16)4-6-14/h3-7,9H,2,8,10-11H2,1H3. The summed E-state index contributed by atoms with van der Waals surface area (Å²) in [5.74, 6) is 1.57. The van der Waals surface area contributed by atoms with Crippen LogP contribution in [-0.4, -0.2) is 21.1 Å². The highest BCUT2D eigenvalue weighted by atomic mass is 79.9. The van der Waals surface area contributed by atoms with Crippen LogP contribution in [0.3, 0.4) is 0 Å². The van der Waals surface area contributed by atoms with E-state index in [-0.39, 0.29) is 5.78 Å². The number of carbonyl (C=O) groups is 1. The van der Waals surface area contributed by atoms with Crippen LogP contribution in [0.4, 0.5) is 0 Å². The van der Waals surface area contributed by atoms with Crippen molar-refractivity contribution in [3.8, 4) is 0 Å². The lowest BCUT2D eigenvalue weighted by Crippen LogP contribution is -2.11. The van der Waals surface area contributed by atoms with Crippen LogP contribution in [0.25, 0.3) is 0 Å². The minimum atomic E-state index is 0.210. The second-order valence-corrected chi connectivity index (χ2v) is 6.46. The van der Waals surface area contributed by atoms with E-state index in [1.165, 1.54) is 0 Å². The highest BCUT2D eigenvalue weighted by molar-refractivity contribution is 9.10. The Kier molecular flexibility index (Phi) is 5.86. The molecule has 1 heterocycles. The number of imidazole rings is 1. The number of aryl methyl sites for hydroxylation is 1. The van der Waals surface area contributed by atoms with Gasteiger partial charge in [0.15, 0.2) is 5.78 Å². The molecule has 20 heavy (non-hydrogen) atoms. The molecule has 0 aliphatic heterocycles.